The molecule has 0 aliphatic heterocycles. The zero-order valence-corrected chi connectivity index (χ0v) is 12.6. The Morgan fingerprint density at radius 1 is 0.857 bits per heavy atom. The second kappa shape index (κ2) is 10.9. The number of carbonyl (C=O) groups is 2. The normalized spacial score (nSPS) is 13.1. The number of aliphatic hydroxyl groups is 1. The topological polar surface area (TPSA) is 94.8 Å². The van der Waals surface area contributed by atoms with Crippen LogP contribution in [0.2, 0.25) is 0 Å². The maximum Gasteiger partial charge on any atom is 0.335 e. The summed E-state index contributed by atoms with van der Waals surface area (Å²) >= 11 is 0. The van der Waals surface area contributed by atoms with E-state index >= 15 is 0 Å². The third-order valence-corrected chi connectivity index (χ3v) is 3.21. The molecular formula is C16H24O5. The van der Waals surface area contributed by atoms with Crippen molar-refractivity contribution in [1.82, 2.24) is 0 Å². The first-order valence-electron chi connectivity index (χ1n) is 7.04. The summed E-state index contributed by atoms with van der Waals surface area (Å²) in [6.07, 6.45) is 9.00. The Morgan fingerprint density at radius 2 is 1.29 bits per heavy atom. The van der Waals surface area contributed by atoms with Gasteiger partial charge in [-0.05, 0) is 24.6 Å². The van der Waals surface area contributed by atoms with Crippen LogP contribution in [0.25, 0.3) is 0 Å². The van der Waals surface area contributed by atoms with Gasteiger partial charge in [-0.2, -0.15) is 0 Å². The number of aryl methyl sites for hydroxylation is 1. The highest BCUT2D eigenvalue weighted by atomic mass is 16.4. The number of benzene rings is 1. The first kappa shape index (κ1) is 19.1. The van der Waals surface area contributed by atoms with E-state index in [1.54, 1.807) is 6.92 Å². The van der Waals surface area contributed by atoms with E-state index in [9.17, 15) is 9.59 Å². The van der Waals surface area contributed by atoms with E-state index in [2.05, 4.69) is 0 Å². The van der Waals surface area contributed by atoms with Gasteiger partial charge in [0.2, 0.25) is 0 Å². The summed E-state index contributed by atoms with van der Waals surface area (Å²) in [5.74, 6) is -2.23. The second-order valence-corrected chi connectivity index (χ2v) is 4.76. The van der Waals surface area contributed by atoms with Crippen molar-refractivity contribution in [2.45, 2.75) is 45.4 Å². The summed E-state index contributed by atoms with van der Waals surface area (Å²) < 4.78 is 0. The van der Waals surface area contributed by atoms with Crippen LogP contribution < -0.4 is 0 Å². The number of carboxylic acids is 2. The van der Waals surface area contributed by atoms with Gasteiger partial charge in [-0.15, -0.1) is 0 Å². The molecule has 0 spiro atoms. The van der Waals surface area contributed by atoms with Gasteiger partial charge in [-0.3, -0.25) is 0 Å². The van der Waals surface area contributed by atoms with Gasteiger partial charge < -0.3 is 15.3 Å². The smallest absolute Gasteiger partial charge is 0.335 e. The van der Waals surface area contributed by atoms with Crippen LogP contribution >= 0.6 is 0 Å². The van der Waals surface area contributed by atoms with Crippen LogP contribution in [0.3, 0.4) is 0 Å². The Hall–Kier alpha value is -1.88. The molecule has 0 bridgehead atoms. The summed E-state index contributed by atoms with van der Waals surface area (Å²) in [5.41, 5.74) is 0.570. The first-order chi connectivity index (χ1) is 10.0. The minimum absolute atomic E-state index is 0.0111. The summed E-state index contributed by atoms with van der Waals surface area (Å²) in [5, 5.41) is 24.3. The molecule has 118 valence electrons. The molecule has 0 radical (unpaired) electrons. The fraction of sp³-hybridized carbons (Fsp3) is 0.500. The van der Waals surface area contributed by atoms with Crippen LogP contribution in [-0.2, 0) is 0 Å². The van der Waals surface area contributed by atoms with Crippen molar-refractivity contribution in [3.05, 3.63) is 34.9 Å². The number of carboxylic acid groups (broad SMARTS) is 2. The van der Waals surface area contributed by atoms with E-state index in [1.165, 1.54) is 50.7 Å². The maximum absolute atomic E-state index is 10.6. The molecule has 0 aromatic heterocycles. The minimum Gasteiger partial charge on any atom is -0.478 e. The van der Waals surface area contributed by atoms with Gasteiger partial charge in [-0.1, -0.05) is 44.6 Å². The molecule has 0 amide bonds. The summed E-state index contributed by atoms with van der Waals surface area (Å²) in [6.45, 7) is 1.62. The van der Waals surface area contributed by atoms with E-state index in [0.717, 1.165) is 13.2 Å². The quantitative estimate of drug-likeness (QED) is 0.778. The van der Waals surface area contributed by atoms with Crippen molar-refractivity contribution in [2.24, 2.45) is 0 Å². The summed E-state index contributed by atoms with van der Waals surface area (Å²) in [6, 6.07) is 4.01. The lowest BCUT2D eigenvalue weighted by Gasteiger charge is -2.05. The fourth-order valence-corrected chi connectivity index (χ4v) is 2.05. The highest BCUT2D eigenvalue weighted by molar-refractivity contribution is 5.94. The van der Waals surface area contributed by atoms with E-state index in [1.807, 2.05) is 0 Å². The Balaban J connectivity index is 0.000000416. The van der Waals surface area contributed by atoms with Crippen molar-refractivity contribution < 1.29 is 24.9 Å². The van der Waals surface area contributed by atoms with E-state index in [-0.39, 0.29) is 11.1 Å². The molecular weight excluding hydrogens is 272 g/mol. The molecule has 5 heteroatoms. The van der Waals surface area contributed by atoms with E-state index < -0.39 is 11.9 Å². The monoisotopic (exact) mass is 296 g/mol. The lowest BCUT2D eigenvalue weighted by Crippen LogP contribution is -2.03. The average molecular weight is 296 g/mol. The third-order valence-electron chi connectivity index (χ3n) is 3.21. The lowest BCUT2D eigenvalue weighted by atomic mass is 10.0. The number of hydrogen-bond donors (Lipinski definition) is 3. The largest absolute Gasteiger partial charge is 0.478 e. The Labute approximate surface area is 125 Å². The molecule has 1 aliphatic rings. The Kier molecular flexibility index (Phi) is 9.88. The van der Waals surface area contributed by atoms with Gasteiger partial charge in [0.25, 0.3) is 0 Å². The molecule has 21 heavy (non-hydrogen) atoms. The molecule has 5 nitrogen and oxygen atoms in total. The molecule has 0 unspecified atom stereocenters. The van der Waals surface area contributed by atoms with Crippen molar-refractivity contribution in [3.8, 4) is 0 Å². The SMILES string of the molecule is C1CCCCC1.CO.Cc1ccc(C(=O)O)cc1C(=O)O. The van der Waals surface area contributed by atoms with Crippen LogP contribution in [0.1, 0.15) is 64.8 Å². The van der Waals surface area contributed by atoms with Crippen LogP contribution in [0.5, 0.6) is 0 Å². The molecule has 0 heterocycles. The lowest BCUT2D eigenvalue weighted by molar-refractivity contribution is 0.0695. The number of hydrogen-bond acceptors (Lipinski definition) is 3. The van der Waals surface area contributed by atoms with Crippen molar-refractivity contribution in [2.75, 3.05) is 7.11 Å². The molecule has 3 N–H and O–H groups in total. The Morgan fingerprint density at radius 3 is 1.62 bits per heavy atom. The zero-order chi connectivity index (χ0) is 16.3. The van der Waals surface area contributed by atoms with Crippen molar-refractivity contribution >= 4 is 11.9 Å². The molecule has 1 saturated carbocycles. The van der Waals surface area contributed by atoms with Crippen LogP contribution in [0.4, 0.5) is 0 Å². The van der Waals surface area contributed by atoms with Gasteiger partial charge >= 0.3 is 11.9 Å². The Bertz CT molecular complexity index is 438. The van der Waals surface area contributed by atoms with E-state index in [4.69, 9.17) is 15.3 Å². The predicted octanol–water partition coefficient (Wildman–Crippen LogP) is 3.34. The van der Waals surface area contributed by atoms with Crippen molar-refractivity contribution in [3.63, 3.8) is 0 Å². The number of rotatable bonds is 2. The van der Waals surface area contributed by atoms with Crippen molar-refractivity contribution in [1.29, 1.82) is 0 Å². The second-order valence-electron chi connectivity index (χ2n) is 4.76. The van der Waals surface area contributed by atoms with Crippen LogP contribution in [0, 0.1) is 6.92 Å². The molecule has 1 aromatic carbocycles. The van der Waals surface area contributed by atoms with Gasteiger partial charge in [0.05, 0.1) is 11.1 Å². The highest BCUT2D eigenvalue weighted by Gasteiger charge is 2.10. The molecule has 2 rings (SSSR count). The van der Waals surface area contributed by atoms with Crippen LogP contribution in [0.15, 0.2) is 18.2 Å². The zero-order valence-electron chi connectivity index (χ0n) is 12.6. The van der Waals surface area contributed by atoms with Gasteiger partial charge in [0.15, 0.2) is 0 Å². The summed E-state index contributed by atoms with van der Waals surface area (Å²) in [4.78, 5) is 21.1. The number of aromatic carboxylic acids is 2. The fourth-order valence-electron chi connectivity index (χ4n) is 2.05. The minimum atomic E-state index is -1.12. The summed E-state index contributed by atoms with van der Waals surface area (Å²) in [7, 11) is 1.00. The average Bonchev–Trinajstić information content (AvgIpc) is 2.51. The maximum atomic E-state index is 10.6. The molecule has 0 saturated heterocycles. The predicted molar refractivity (Wildman–Crippen MR) is 80.9 cm³/mol. The van der Waals surface area contributed by atoms with E-state index in [0.29, 0.717) is 5.56 Å². The molecule has 1 aromatic rings. The molecule has 1 fully saturated rings. The van der Waals surface area contributed by atoms with Gasteiger partial charge in [-0.25, -0.2) is 9.59 Å². The van der Waals surface area contributed by atoms with Crippen LogP contribution in [-0.4, -0.2) is 34.4 Å². The molecule has 0 atom stereocenters. The van der Waals surface area contributed by atoms with Gasteiger partial charge in [0, 0.05) is 7.11 Å². The van der Waals surface area contributed by atoms with Gasteiger partial charge in [0.1, 0.15) is 0 Å². The molecule has 1 aliphatic carbocycles. The number of aliphatic hydroxyl groups excluding tert-OH is 1. The highest BCUT2D eigenvalue weighted by Crippen LogP contribution is 2.15. The first-order valence-corrected chi connectivity index (χ1v) is 7.04. The third kappa shape index (κ3) is 7.46. The standard InChI is InChI=1S/C9H8O4.C6H12.CH4O/c1-5-2-3-6(8(10)11)4-7(5)9(12)13;1-2-4-6-5-3-1;1-2/h2-4H,1H3,(H,10,11)(H,12,13);1-6H2;2H,1H3.